The average molecular weight is 234 g/mol. The van der Waals surface area contributed by atoms with E-state index < -0.39 is 0 Å². The van der Waals surface area contributed by atoms with Crippen LogP contribution in [0.2, 0.25) is 0 Å². The molecular weight excluding hydrogens is 216 g/mol. The number of hydrogen-bond acceptors (Lipinski definition) is 4. The summed E-state index contributed by atoms with van der Waals surface area (Å²) in [5.41, 5.74) is 7.30. The Hall–Kier alpha value is -1.39. The number of nitrogens with two attached hydrogens (primary N) is 1. The zero-order chi connectivity index (χ0) is 12.1. The van der Waals surface area contributed by atoms with Crippen molar-refractivity contribution < 1.29 is 9.53 Å². The van der Waals surface area contributed by atoms with E-state index in [1.807, 2.05) is 18.2 Å². The number of ether oxygens (including phenoxy) is 1. The Balaban J connectivity index is 2.10. The molecule has 0 aromatic rings. The van der Waals surface area contributed by atoms with Gasteiger partial charge in [0.15, 0.2) is 5.78 Å². The van der Waals surface area contributed by atoms with Gasteiger partial charge in [0.25, 0.3) is 0 Å². The molecule has 0 unspecified atom stereocenters. The minimum Gasteiger partial charge on any atom is -0.378 e. The first kappa shape index (κ1) is 12.1. The number of rotatable bonds is 3. The molecule has 0 saturated carbocycles. The molecule has 2 rings (SSSR count). The fraction of sp³-hybridized carbons (Fsp3) is 0.462. The minimum atomic E-state index is 0.0223. The Morgan fingerprint density at radius 1 is 1.35 bits per heavy atom. The summed E-state index contributed by atoms with van der Waals surface area (Å²) in [6.45, 7) is 3.43. The van der Waals surface area contributed by atoms with Gasteiger partial charge in [0.05, 0.1) is 19.8 Å². The molecule has 1 aliphatic heterocycles. The molecular formula is C13H18N2O2. The van der Waals surface area contributed by atoms with Crippen LogP contribution in [0.3, 0.4) is 0 Å². The molecule has 0 bridgehead atoms. The quantitative estimate of drug-likeness (QED) is 0.777. The molecule has 0 aromatic heterocycles. The van der Waals surface area contributed by atoms with E-state index in [9.17, 15) is 4.79 Å². The van der Waals surface area contributed by atoms with Gasteiger partial charge in [-0.1, -0.05) is 12.2 Å². The zero-order valence-corrected chi connectivity index (χ0v) is 9.89. The van der Waals surface area contributed by atoms with Gasteiger partial charge in [-0.2, -0.15) is 0 Å². The summed E-state index contributed by atoms with van der Waals surface area (Å²) in [7, 11) is 0. The predicted octanol–water partition coefficient (Wildman–Crippen LogP) is 0.617. The molecule has 4 nitrogen and oxygen atoms in total. The molecule has 0 amide bonds. The highest BCUT2D eigenvalue weighted by molar-refractivity contribution is 5.97. The lowest BCUT2D eigenvalue weighted by Crippen LogP contribution is -2.35. The van der Waals surface area contributed by atoms with Crippen LogP contribution in [0.15, 0.2) is 35.6 Å². The standard InChI is InChI=1S/C13H18N2O2/c14-10-13(16)11-2-1-3-12(5-4-11)15-6-8-17-9-7-15/h1,3-5H,2,6-10,14H2. The summed E-state index contributed by atoms with van der Waals surface area (Å²) in [4.78, 5) is 13.8. The second kappa shape index (κ2) is 5.80. The van der Waals surface area contributed by atoms with Gasteiger partial charge in [-0.25, -0.2) is 0 Å². The van der Waals surface area contributed by atoms with Gasteiger partial charge < -0.3 is 15.4 Å². The molecule has 2 aliphatic rings. The topological polar surface area (TPSA) is 55.6 Å². The van der Waals surface area contributed by atoms with Crippen LogP contribution in [-0.4, -0.2) is 43.5 Å². The highest BCUT2D eigenvalue weighted by Crippen LogP contribution is 2.16. The second-order valence-electron chi connectivity index (χ2n) is 4.12. The number of nitrogens with zero attached hydrogens (tertiary/aromatic N) is 1. The van der Waals surface area contributed by atoms with Crippen LogP contribution in [0.4, 0.5) is 0 Å². The smallest absolute Gasteiger partial charge is 0.172 e. The second-order valence-corrected chi connectivity index (χ2v) is 4.12. The predicted molar refractivity (Wildman–Crippen MR) is 66.4 cm³/mol. The van der Waals surface area contributed by atoms with Gasteiger partial charge in [-0.15, -0.1) is 0 Å². The van der Waals surface area contributed by atoms with Gasteiger partial charge in [-0.05, 0) is 18.6 Å². The Morgan fingerprint density at radius 3 is 2.82 bits per heavy atom. The Bertz CT molecular complexity index is 377. The summed E-state index contributed by atoms with van der Waals surface area (Å²) in [6, 6.07) is 0. The SMILES string of the molecule is NCC(=O)C1=CC=C(N2CCOCC2)C=CC1. The van der Waals surface area contributed by atoms with Crippen molar-refractivity contribution >= 4 is 5.78 Å². The fourth-order valence-corrected chi connectivity index (χ4v) is 1.99. The van der Waals surface area contributed by atoms with E-state index in [0.717, 1.165) is 37.6 Å². The van der Waals surface area contributed by atoms with Gasteiger partial charge in [0.2, 0.25) is 0 Å². The fourth-order valence-electron chi connectivity index (χ4n) is 1.99. The van der Waals surface area contributed by atoms with E-state index in [1.165, 1.54) is 0 Å². The van der Waals surface area contributed by atoms with E-state index in [-0.39, 0.29) is 12.3 Å². The van der Waals surface area contributed by atoms with Crippen molar-refractivity contribution in [1.29, 1.82) is 0 Å². The molecule has 0 spiro atoms. The molecule has 92 valence electrons. The molecule has 1 fully saturated rings. The molecule has 0 radical (unpaired) electrons. The highest BCUT2D eigenvalue weighted by atomic mass is 16.5. The maximum Gasteiger partial charge on any atom is 0.172 e. The minimum absolute atomic E-state index is 0.0223. The van der Waals surface area contributed by atoms with Gasteiger partial charge >= 0.3 is 0 Å². The molecule has 4 heteroatoms. The largest absolute Gasteiger partial charge is 0.378 e. The van der Waals surface area contributed by atoms with Crippen LogP contribution in [0.5, 0.6) is 0 Å². The Labute approximate surface area is 101 Å². The summed E-state index contributed by atoms with van der Waals surface area (Å²) in [5.74, 6) is 0.0223. The first-order chi connectivity index (χ1) is 8.31. The average Bonchev–Trinajstić information content (AvgIpc) is 2.64. The molecule has 0 aromatic carbocycles. The van der Waals surface area contributed by atoms with Crippen LogP contribution in [0, 0.1) is 0 Å². The van der Waals surface area contributed by atoms with Crippen molar-refractivity contribution in [2.45, 2.75) is 6.42 Å². The lowest BCUT2D eigenvalue weighted by Gasteiger charge is -2.29. The molecule has 0 atom stereocenters. The van der Waals surface area contributed by atoms with Crippen molar-refractivity contribution in [2.24, 2.45) is 5.73 Å². The Morgan fingerprint density at radius 2 is 2.12 bits per heavy atom. The maximum absolute atomic E-state index is 11.5. The van der Waals surface area contributed by atoms with Crippen LogP contribution in [0.25, 0.3) is 0 Å². The van der Waals surface area contributed by atoms with E-state index in [4.69, 9.17) is 10.5 Å². The lowest BCUT2D eigenvalue weighted by atomic mass is 10.1. The number of morpholine rings is 1. The van der Waals surface area contributed by atoms with Gasteiger partial charge in [0.1, 0.15) is 0 Å². The van der Waals surface area contributed by atoms with Crippen molar-refractivity contribution in [3.05, 3.63) is 35.6 Å². The summed E-state index contributed by atoms with van der Waals surface area (Å²) < 4.78 is 5.32. The number of ketones is 1. The molecule has 1 aliphatic carbocycles. The highest BCUT2D eigenvalue weighted by Gasteiger charge is 2.13. The number of allylic oxidation sites excluding steroid dienone is 4. The Kier molecular flexibility index (Phi) is 4.12. The first-order valence-corrected chi connectivity index (χ1v) is 5.94. The third kappa shape index (κ3) is 3.05. The van der Waals surface area contributed by atoms with E-state index in [0.29, 0.717) is 6.42 Å². The van der Waals surface area contributed by atoms with E-state index in [2.05, 4.69) is 11.0 Å². The summed E-state index contributed by atoms with van der Waals surface area (Å²) in [5, 5.41) is 0. The lowest BCUT2D eigenvalue weighted by molar-refractivity contribution is -0.114. The van der Waals surface area contributed by atoms with Crippen molar-refractivity contribution in [3.8, 4) is 0 Å². The zero-order valence-electron chi connectivity index (χ0n) is 9.89. The number of Topliss-reactive ketones (excluding diaryl/α,β-unsaturated/α-hetero) is 1. The normalized spacial score (nSPS) is 20.6. The van der Waals surface area contributed by atoms with Crippen molar-refractivity contribution in [3.63, 3.8) is 0 Å². The van der Waals surface area contributed by atoms with Gasteiger partial charge in [0, 0.05) is 24.4 Å². The number of carbonyl (C=O) groups is 1. The van der Waals surface area contributed by atoms with Crippen LogP contribution in [0.1, 0.15) is 6.42 Å². The van der Waals surface area contributed by atoms with Crippen LogP contribution >= 0.6 is 0 Å². The van der Waals surface area contributed by atoms with Gasteiger partial charge in [-0.3, -0.25) is 4.79 Å². The summed E-state index contributed by atoms with van der Waals surface area (Å²) >= 11 is 0. The molecule has 17 heavy (non-hydrogen) atoms. The van der Waals surface area contributed by atoms with E-state index in [1.54, 1.807) is 0 Å². The first-order valence-electron chi connectivity index (χ1n) is 5.94. The monoisotopic (exact) mass is 234 g/mol. The number of hydrogen-bond donors (Lipinski definition) is 1. The van der Waals surface area contributed by atoms with E-state index >= 15 is 0 Å². The molecule has 1 heterocycles. The van der Waals surface area contributed by atoms with Crippen molar-refractivity contribution in [2.75, 3.05) is 32.8 Å². The molecule has 1 saturated heterocycles. The number of carbonyl (C=O) groups excluding carboxylic acids is 1. The third-order valence-electron chi connectivity index (χ3n) is 3.00. The van der Waals surface area contributed by atoms with Crippen molar-refractivity contribution in [1.82, 2.24) is 4.90 Å². The molecule has 2 N–H and O–H groups in total. The summed E-state index contributed by atoms with van der Waals surface area (Å²) in [6.07, 6.45) is 8.64. The third-order valence-corrected chi connectivity index (χ3v) is 3.00. The maximum atomic E-state index is 11.5. The van der Waals surface area contributed by atoms with Crippen LogP contribution in [-0.2, 0) is 9.53 Å². The van der Waals surface area contributed by atoms with Crippen LogP contribution < -0.4 is 5.73 Å².